The van der Waals surface area contributed by atoms with E-state index in [0.717, 1.165) is 43.8 Å². The maximum Gasteiger partial charge on any atom is 0.410 e. The van der Waals surface area contributed by atoms with Crippen LogP contribution >= 0.6 is 0 Å². The van der Waals surface area contributed by atoms with Crippen molar-refractivity contribution in [3.63, 3.8) is 0 Å². The first-order chi connectivity index (χ1) is 15.7. The fourth-order valence-electron chi connectivity index (χ4n) is 5.16. The van der Waals surface area contributed by atoms with Gasteiger partial charge in [0.1, 0.15) is 18.5 Å². The number of anilines is 1. The minimum absolute atomic E-state index is 0.129. The smallest absolute Gasteiger partial charge is 0.410 e. The molecule has 1 aliphatic carbocycles. The lowest BCUT2D eigenvalue weighted by molar-refractivity contribution is 0.0638. The standard InChI is InChI=1S/C26H33N3O3/c30-25(31-19-21-6-2-1-3-7-21)28-15-10-23(11-16-28)32-24-9-4-8-22(18-24)29-17-14-27-20-26(29)12-5-13-26/h1-4,6-9,18,23,27H,5,10-17,19-20H2. The van der Waals surface area contributed by atoms with Crippen LogP contribution in [0.15, 0.2) is 54.6 Å². The largest absolute Gasteiger partial charge is 0.490 e. The van der Waals surface area contributed by atoms with Crippen LogP contribution in [0.3, 0.4) is 0 Å². The molecule has 2 aliphatic heterocycles. The summed E-state index contributed by atoms with van der Waals surface area (Å²) in [4.78, 5) is 16.8. The number of carbonyl (C=O) groups excluding carboxylic acids is 1. The van der Waals surface area contributed by atoms with E-state index in [0.29, 0.717) is 25.2 Å². The number of hydrogen-bond acceptors (Lipinski definition) is 5. The van der Waals surface area contributed by atoms with E-state index in [4.69, 9.17) is 9.47 Å². The zero-order valence-corrected chi connectivity index (χ0v) is 18.7. The normalized spacial score (nSPS) is 20.6. The fraction of sp³-hybridized carbons (Fsp3) is 0.500. The van der Waals surface area contributed by atoms with Crippen molar-refractivity contribution in [3.8, 4) is 5.75 Å². The van der Waals surface area contributed by atoms with Crippen LogP contribution in [0.5, 0.6) is 5.75 Å². The van der Waals surface area contributed by atoms with Gasteiger partial charge in [0, 0.05) is 57.3 Å². The van der Waals surface area contributed by atoms with Gasteiger partial charge in [0.05, 0.1) is 5.54 Å². The highest BCUT2D eigenvalue weighted by Crippen LogP contribution is 2.41. The number of piperidine rings is 1. The Morgan fingerprint density at radius 1 is 1.03 bits per heavy atom. The van der Waals surface area contributed by atoms with Crippen LogP contribution in [0, 0.1) is 0 Å². The number of rotatable bonds is 5. The van der Waals surface area contributed by atoms with Crippen molar-refractivity contribution in [2.24, 2.45) is 0 Å². The summed E-state index contributed by atoms with van der Waals surface area (Å²) in [6.45, 7) is 4.81. The Morgan fingerprint density at radius 2 is 1.84 bits per heavy atom. The topological polar surface area (TPSA) is 54.0 Å². The second-order valence-electron chi connectivity index (χ2n) is 9.25. The molecule has 1 spiro atoms. The number of amides is 1. The first-order valence-corrected chi connectivity index (χ1v) is 11.9. The monoisotopic (exact) mass is 435 g/mol. The van der Waals surface area contributed by atoms with Gasteiger partial charge >= 0.3 is 6.09 Å². The third-order valence-electron chi connectivity index (χ3n) is 7.16. The summed E-state index contributed by atoms with van der Waals surface area (Å²) in [6, 6.07) is 18.4. The Kier molecular flexibility index (Phi) is 6.21. The Hall–Kier alpha value is -2.73. The van der Waals surface area contributed by atoms with Crippen LogP contribution in [0.1, 0.15) is 37.7 Å². The molecule has 2 heterocycles. The van der Waals surface area contributed by atoms with Gasteiger partial charge in [-0.25, -0.2) is 4.79 Å². The molecule has 2 aromatic carbocycles. The molecule has 0 bridgehead atoms. The SMILES string of the molecule is O=C(OCc1ccccc1)N1CCC(Oc2cccc(N3CCNCC34CCC4)c2)CC1. The second kappa shape index (κ2) is 9.41. The van der Waals surface area contributed by atoms with E-state index in [1.165, 1.54) is 24.9 Å². The Balaban J connectivity index is 1.13. The molecule has 32 heavy (non-hydrogen) atoms. The fourth-order valence-corrected chi connectivity index (χ4v) is 5.16. The van der Waals surface area contributed by atoms with Gasteiger partial charge in [-0.05, 0) is 37.0 Å². The van der Waals surface area contributed by atoms with Crippen molar-refractivity contribution < 1.29 is 14.3 Å². The highest BCUT2D eigenvalue weighted by atomic mass is 16.6. The number of piperazine rings is 1. The molecule has 2 saturated heterocycles. The number of hydrogen-bond donors (Lipinski definition) is 1. The Morgan fingerprint density at radius 3 is 2.59 bits per heavy atom. The average molecular weight is 436 g/mol. The van der Waals surface area contributed by atoms with Crippen molar-refractivity contribution in [2.75, 3.05) is 37.6 Å². The average Bonchev–Trinajstić information content (AvgIpc) is 2.83. The van der Waals surface area contributed by atoms with Crippen LogP contribution in [-0.2, 0) is 11.3 Å². The molecule has 0 unspecified atom stereocenters. The number of nitrogens with one attached hydrogen (secondary N) is 1. The van der Waals surface area contributed by atoms with Gasteiger partial charge in [0.2, 0.25) is 0 Å². The van der Waals surface area contributed by atoms with Gasteiger partial charge in [-0.15, -0.1) is 0 Å². The van der Waals surface area contributed by atoms with Crippen molar-refractivity contribution >= 4 is 11.8 Å². The highest BCUT2D eigenvalue weighted by Gasteiger charge is 2.44. The molecule has 3 fully saturated rings. The second-order valence-corrected chi connectivity index (χ2v) is 9.25. The first-order valence-electron chi connectivity index (χ1n) is 11.9. The van der Waals surface area contributed by atoms with Crippen molar-refractivity contribution in [1.29, 1.82) is 0 Å². The summed E-state index contributed by atoms with van der Waals surface area (Å²) in [7, 11) is 0. The van der Waals surface area contributed by atoms with Crippen molar-refractivity contribution in [1.82, 2.24) is 10.2 Å². The molecule has 1 amide bonds. The van der Waals surface area contributed by atoms with Crippen LogP contribution in [0.4, 0.5) is 10.5 Å². The molecule has 1 N–H and O–H groups in total. The Bertz CT molecular complexity index is 908. The molecule has 1 saturated carbocycles. The predicted octanol–water partition coefficient (Wildman–Crippen LogP) is 4.20. The molecule has 5 rings (SSSR count). The number of likely N-dealkylation sites (tertiary alicyclic amines) is 1. The summed E-state index contributed by atoms with van der Waals surface area (Å²) in [6.07, 6.45) is 5.39. The molecule has 0 radical (unpaired) electrons. The van der Waals surface area contributed by atoms with Crippen LogP contribution in [-0.4, -0.2) is 55.4 Å². The number of carbonyl (C=O) groups is 1. The number of nitrogens with zero attached hydrogens (tertiary/aromatic N) is 2. The molecule has 0 aromatic heterocycles. The van der Waals surface area contributed by atoms with Gasteiger partial charge in [0.25, 0.3) is 0 Å². The van der Waals surface area contributed by atoms with E-state index in [1.54, 1.807) is 4.90 Å². The lowest BCUT2D eigenvalue weighted by atomic mass is 9.74. The lowest BCUT2D eigenvalue weighted by Gasteiger charge is -2.54. The number of ether oxygens (including phenoxy) is 2. The summed E-state index contributed by atoms with van der Waals surface area (Å²) in [5.41, 5.74) is 2.57. The summed E-state index contributed by atoms with van der Waals surface area (Å²) in [5.74, 6) is 0.931. The lowest BCUT2D eigenvalue weighted by Crippen LogP contribution is -2.65. The molecule has 6 heteroatoms. The maximum absolute atomic E-state index is 12.4. The molecule has 3 aliphatic rings. The quantitative estimate of drug-likeness (QED) is 0.763. The highest BCUT2D eigenvalue weighted by molar-refractivity contribution is 5.67. The van der Waals surface area contributed by atoms with Crippen LogP contribution in [0.25, 0.3) is 0 Å². The van der Waals surface area contributed by atoms with Gasteiger partial charge < -0.3 is 24.6 Å². The predicted molar refractivity (Wildman–Crippen MR) is 125 cm³/mol. The molecular weight excluding hydrogens is 402 g/mol. The zero-order chi connectivity index (χ0) is 21.8. The summed E-state index contributed by atoms with van der Waals surface area (Å²) < 4.78 is 11.8. The van der Waals surface area contributed by atoms with Crippen molar-refractivity contribution in [3.05, 3.63) is 60.2 Å². The van der Waals surface area contributed by atoms with E-state index < -0.39 is 0 Å². The molecule has 0 atom stereocenters. The maximum atomic E-state index is 12.4. The van der Waals surface area contributed by atoms with Gasteiger partial charge in [-0.1, -0.05) is 36.4 Å². The Labute approximate surface area is 190 Å². The molecule has 2 aromatic rings. The minimum Gasteiger partial charge on any atom is -0.490 e. The van der Waals surface area contributed by atoms with Crippen LogP contribution < -0.4 is 15.0 Å². The van der Waals surface area contributed by atoms with E-state index in [2.05, 4.69) is 34.5 Å². The summed E-state index contributed by atoms with van der Waals surface area (Å²) >= 11 is 0. The van der Waals surface area contributed by atoms with Gasteiger partial charge in [0.15, 0.2) is 0 Å². The molecule has 170 valence electrons. The first kappa shape index (κ1) is 21.1. The number of benzene rings is 2. The van der Waals surface area contributed by atoms with E-state index in [1.807, 2.05) is 30.3 Å². The van der Waals surface area contributed by atoms with Gasteiger partial charge in [-0.3, -0.25) is 0 Å². The van der Waals surface area contributed by atoms with Crippen molar-refractivity contribution in [2.45, 2.75) is 50.4 Å². The third-order valence-corrected chi connectivity index (χ3v) is 7.16. The van der Waals surface area contributed by atoms with Crippen LogP contribution in [0.2, 0.25) is 0 Å². The van der Waals surface area contributed by atoms with Gasteiger partial charge in [-0.2, -0.15) is 0 Å². The summed E-state index contributed by atoms with van der Waals surface area (Å²) in [5, 5.41) is 3.57. The molecule has 6 nitrogen and oxygen atoms in total. The minimum atomic E-state index is -0.237. The third kappa shape index (κ3) is 4.56. The van der Waals surface area contributed by atoms with E-state index >= 15 is 0 Å². The van der Waals surface area contributed by atoms with E-state index in [-0.39, 0.29) is 12.2 Å². The molecular formula is C26H33N3O3. The van der Waals surface area contributed by atoms with E-state index in [9.17, 15) is 4.79 Å². The zero-order valence-electron chi connectivity index (χ0n) is 18.7.